The molecule has 0 aromatic carbocycles. The summed E-state index contributed by atoms with van der Waals surface area (Å²) < 4.78 is 17.1. The van der Waals surface area contributed by atoms with E-state index in [0.29, 0.717) is 12.8 Å². The number of aliphatic carboxylic acids is 1. The van der Waals surface area contributed by atoms with Crippen molar-refractivity contribution in [1.29, 1.82) is 0 Å². The average Bonchev–Trinajstić information content (AvgIpc) is 3.12. The minimum Gasteiger partial charge on any atom is -0.544 e. The lowest BCUT2D eigenvalue weighted by atomic mass is 10.1. The molecule has 0 heterocycles. The second-order valence-electron chi connectivity index (χ2n) is 15.2. The fourth-order valence-corrected chi connectivity index (χ4v) is 5.86. The molecule has 0 rings (SSSR count). The van der Waals surface area contributed by atoms with E-state index in [0.717, 1.165) is 70.6 Å². The van der Waals surface area contributed by atoms with Crippen LogP contribution in [-0.4, -0.2) is 75.5 Å². The van der Waals surface area contributed by atoms with Crippen molar-refractivity contribution >= 4 is 17.9 Å². The molecule has 0 amide bonds. The van der Waals surface area contributed by atoms with Crippen LogP contribution in [0.4, 0.5) is 0 Å². The Kier molecular flexibility index (Phi) is 34.9. The molecule has 0 N–H and O–H groups in total. The summed E-state index contributed by atoms with van der Waals surface area (Å²) in [5, 5.41) is 11.6. The number of esters is 2. The summed E-state index contributed by atoms with van der Waals surface area (Å²) in [7, 11) is 5.39. The molecule has 8 nitrogen and oxygen atoms in total. The molecular formula is C46H79NO7. The standard InChI is InChI=1S/C46H79NO7/c1-6-8-10-12-14-16-18-19-20-21-22-23-24-25-27-29-31-33-35-37-45(49)54-42(40-52-39-38-43(46(50)51)47(3,4)5)41-53-44(48)36-34-32-30-28-26-17-15-13-11-9-7-2/h8,10,14,16,19-20,22-23,25,27,42-43H,6-7,9,11-13,15,17-18,21,24,26,28-41H2,1-5H3/b10-8+,16-14+,20-19+,23-22+,27-25+. The van der Waals surface area contributed by atoms with Crippen molar-refractivity contribution in [2.75, 3.05) is 41.0 Å². The topological polar surface area (TPSA) is 102 Å². The maximum atomic E-state index is 12.7. The number of nitrogens with zero attached hydrogens (tertiary/aromatic N) is 1. The van der Waals surface area contributed by atoms with E-state index in [1.54, 1.807) is 21.1 Å². The zero-order valence-corrected chi connectivity index (χ0v) is 35.1. The molecule has 0 aromatic heterocycles. The third kappa shape index (κ3) is 34.8. The first-order valence-electron chi connectivity index (χ1n) is 21.3. The highest BCUT2D eigenvalue weighted by Gasteiger charge is 2.25. The van der Waals surface area contributed by atoms with Gasteiger partial charge in [-0.1, -0.05) is 145 Å². The normalized spacial score (nSPS) is 13.6. The molecule has 8 heteroatoms. The quantitative estimate of drug-likeness (QED) is 0.0269. The van der Waals surface area contributed by atoms with Gasteiger partial charge in [-0.3, -0.25) is 9.59 Å². The molecule has 0 fully saturated rings. The van der Waals surface area contributed by atoms with E-state index >= 15 is 0 Å². The van der Waals surface area contributed by atoms with Gasteiger partial charge in [0.25, 0.3) is 0 Å². The molecule has 0 saturated heterocycles. The van der Waals surface area contributed by atoms with Crippen LogP contribution in [0.25, 0.3) is 0 Å². The zero-order valence-electron chi connectivity index (χ0n) is 35.1. The van der Waals surface area contributed by atoms with Gasteiger partial charge in [-0.15, -0.1) is 0 Å². The van der Waals surface area contributed by atoms with Crippen LogP contribution in [0.5, 0.6) is 0 Å². The number of carbonyl (C=O) groups is 3. The number of carboxylic acid groups (broad SMARTS) is 1. The smallest absolute Gasteiger partial charge is 0.306 e. The molecule has 0 aliphatic rings. The van der Waals surface area contributed by atoms with Gasteiger partial charge in [-0.2, -0.15) is 0 Å². The summed E-state index contributed by atoms with van der Waals surface area (Å²) in [4.78, 5) is 36.8. The van der Waals surface area contributed by atoms with Crippen molar-refractivity contribution < 1.29 is 38.2 Å². The predicted molar refractivity (Wildman–Crippen MR) is 222 cm³/mol. The van der Waals surface area contributed by atoms with Crippen LogP contribution in [-0.2, 0) is 28.6 Å². The van der Waals surface area contributed by atoms with Gasteiger partial charge in [-0.25, -0.2) is 0 Å². The molecule has 0 aliphatic carbocycles. The van der Waals surface area contributed by atoms with Gasteiger partial charge in [0.05, 0.1) is 40.3 Å². The van der Waals surface area contributed by atoms with Gasteiger partial charge in [0.1, 0.15) is 12.6 Å². The molecular weight excluding hydrogens is 679 g/mol. The molecule has 0 saturated carbocycles. The number of carbonyl (C=O) groups excluding carboxylic acids is 3. The van der Waals surface area contributed by atoms with Crippen LogP contribution in [0, 0.1) is 0 Å². The lowest BCUT2D eigenvalue weighted by molar-refractivity contribution is -0.889. The van der Waals surface area contributed by atoms with E-state index < -0.39 is 18.1 Å². The van der Waals surface area contributed by atoms with E-state index in [-0.39, 0.29) is 49.1 Å². The van der Waals surface area contributed by atoms with Crippen LogP contribution in [0.3, 0.4) is 0 Å². The molecule has 2 unspecified atom stereocenters. The molecule has 54 heavy (non-hydrogen) atoms. The van der Waals surface area contributed by atoms with Gasteiger partial charge in [0.15, 0.2) is 6.10 Å². The summed E-state index contributed by atoms with van der Waals surface area (Å²) in [5.74, 6) is -1.78. The summed E-state index contributed by atoms with van der Waals surface area (Å²) in [6.45, 7) is 4.49. The number of rotatable bonds is 37. The van der Waals surface area contributed by atoms with Crippen molar-refractivity contribution in [3.63, 3.8) is 0 Å². The van der Waals surface area contributed by atoms with Crippen molar-refractivity contribution in [3.8, 4) is 0 Å². The first-order valence-corrected chi connectivity index (χ1v) is 21.3. The van der Waals surface area contributed by atoms with Crippen LogP contribution < -0.4 is 5.11 Å². The lowest BCUT2D eigenvalue weighted by Crippen LogP contribution is -2.55. The molecule has 0 radical (unpaired) electrons. The number of quaternary nitrogens is 1. The Labute approximate surface area is 330 Å². The van der Waals surface area contributed by atoms with E-state index in [2.05, 4.69) is 74.6 Å². The highest BCUT2D eigenvalue weighted by molar-refractivity contribution is 5.70. The minimum absolute atomic E-state index is 0.0262. The molecule has 0 bridgehead atoms. The maximum absolute atomic E-state index is 12.7. The molecule has 2 atom stereocenters. The van der Waals surface area contributed by atoms with Crippen molar-refractivity contribution in [1.82, 2.24) is 0 Å². The van der Waals surface area contributed by atoms with Crippen LogP contribution in [0.2, 0.25) is 0 Å². The first kappa shape index (κ1) is 51.0. The predicted octanol–water partition coefficient (Wildman–Crippen LogP) is 10.1. The summed E-state index contributed by atoms with van der Waals surface area (Å²) in [5.41, 5.74) is 0. The summed E-state index contributed by atoms with van der Waals surface area (Å²) >= 11 is 0. The van der Waals surface area contributed by atoms with Gasteiger partial charge in [-0.05, 0) is 57.8 Å². The maximum Gasteiger partial charge on any atom is 0.306 e. The number of unbranched alkanes of at least 4 members (excludes halogenated alkanes) is 13. The van der Waals surface area contributed by atoms with Gasteiger partial charge in [0, 0.05) is 19.3 Å². The fraction of sp³-hybridized carbons (Fsp3) is 0.717. The number of likely N-dealkylation sites (N-methyl/N-ethyl adjacent to an activating group) is 1. The van der Waals surface area contributed by atoms with Crippen LogP contribution >= 0.6 is 0 Å². The zero-order chi connectivity index (χ0) is 40.0. The van der Waals surface area contributed by atoms with E-state index in [1.165, 1.54) is 51.4 Å². The van der Waals surface area contributed by atoms with Gasteiger partial charge < -0.3 is 28.6 Å². The SMILES string of the molecule is CC/C=C/C/C=C/C/C=C/C/C=C/C/C=C/CCCCCC(=O)OC(COCCC(C(=O)[O-])[N+](C)(C)C)COC(=O)CCCCCCCCCCCCC. The van der Waals surface area contributed by atoms with Crippen molar-refractivity contribution in [3.05, 3.63) is 60.8 Å². The number of hydrogen-bond donors (Lipinski definition) is 0. The third-order valence-corrected chi connectivity index (χ3v) is 9.17. The highest BCUT2D eigenvalue weighted by Crippen LogP contribution is 2.13. The van der Waals surface area contributed by atoms with Crippen LogP contribution in [0.1, 0.15) is 162 Å². The molecule has 0 aromatic rings. The van der Waals surface area contributed by atoms with Gasteiger partial charge in [0.2, 0.25) is 0 Å². The lowest BCUT2D eigenvalue weighted by Gasteiger charge is -2.34. The Morgan fingerprint density at radius 1 is 0.574 bits per heavy atom. The molecule has 310 valence electrons. The number of carboxylic acids is 1. The highest BCUT2D eigenvalue weighted by atomic mass is 16.6. The fourth-order valence-electron chi connectivity index (χ4n) is 5.86. The van der Waals surface area contributed by atoms with Crippen LogP contribution in [0.15, 0.2) is 60.8 Å². The first-order chi connectivity index (χ1) is 26.1. The summed E-state index contributed by atoms with van der Waals surface area (Å²) in [6.07, 6.45) is 43.9. The van der Waals surface area contributed by atoms with E-state index in [4.69, 9.17) is 14.2 Å². The van der Waals surface area contributed by atoms with Crippen molar-refractivity contribution in [2.24, 2.45) is 0 Å². The Morgan fingerprint density at radius 2 is 1.04 bits per heavy atom. The Balaban J connectivity index is 4.43. The Bertz CT molecular complexity index is 1070. The molecule has 0 spiro atoms. The second kappa shape index (κ2) is 37.0. The summed E-state index contributed by atoms with van der Waals surface area (Å²) in [6, 6.07) is -0.732. The number of ether oxygens (including phenoxy) is 3. The number of allylic oxidation sites excluding steroid dienone is 10. The van der Waals surface area contributed by atoms with Crippen molar-refractivity contribution in [2.45, 2.75) is 174 Å². The van der Waals surface area contributed by atoms with E-state index in [9.17, 15) is 19.5 Å². The monoisotopic (exact) mass is 758 g/mol. The minimum atomic E-state index is -1.13. The van der Waals surface area contributed by atoms with E-state index in [1.807, 2.05) is 0 Å². The number of hydrogen-bond acceptors (Lipinski definition) is 7. The largest absolute Gasteiger partial charge is 0.544 e. The Hall–Kier alpha value is -2.97. The third-order valence-electron chi connectivity index (χ3n) is 9.17. The molecule has 0 aliphatic heterocycles. The Morgan fingerprint density at radius 3 is 1.54 bits per heavy atom. The second-order valence-corrected chi connectivity index (χ2v) is 15.2. The average molecular weight is 758 g/mol. The van der Waals surface area contributed by atoms with Gasteiger partial charge >= 0.3 is 11.9 Å².